The summed E-state index contributed by atoms with van der Waals surface area (Å²) in [6.07, 6.45) is 0. The summed E-state index contributed by atoms with van der Waals surface area (Å²) < 4.78 is 4.78. The molecule has 1 heterocycles. The molecule has 0 fully saturated rings. The van der Waals surface area contributed by atoms with E-state index in [9.17, 15) is 14.7 Å². The van der Waals surface area contributed by atoms with Crippen LogP contribution in [-0.2, 0) is 14.9 Å². The van der Waals surface area contributed by atoms with E-state index < -0.39 is 11.9 Å². The van der Waals surface area contributed by atoms with E-state index in [1.807, 2.05) is 12.1 Å². The fourth-order valence-corrected chi connectivity index (χ4v) is 3.18. The van der Waals surface area contributed by atoms with Crippen LogP contribution >= 0.6 is 0 Å². The van der Waals surface area contributed by atoms with Gasteiger partial charge in [-0.2, -0.15) is 4.99 Å². The van der Waals surface area contributed by atoms with E-state index in [4.69, 9.17) is 4.74 Å². The first-order chi connectivity index (χ1) is 14.1. The number of allylic oxidation sites excluding steroid dienone is 1. The average molecular weight is 404 g/mol. The third-order valence-corrected chi connectivity index (χ3v) is 4.83. The molecule has 3 rings (SSSR count). The Kier molecular flexibility index (Phi) is 5.69. The van der Waals surface area contributed by atoms with Crippen LogP contribution in [0.25, 0.3) is 0 Å². The molecule has 1 amide bonds. The maximum atomic E-state index is 12.8. The minimum Gasteiger partial charge on any atom is -0.512 e. The SMILES string of the molecule is COC(=O)C(C1=NC(=NC(=O)c2ccc(C(C)(C)C)cc2)c2ccccc21)=C(C)O. The lowest BCUT2D eigenvalue weighted by Gasteiger charge is -2.18. The fraction of sp³-hybridized carbons (Fsp3) is 0.250. The number of amides is 1. The van der Waals surface area contributed by atoms with Crippen LogP contribution < -0.4 is 0 Å². The van der Waals surface area contributed by atoms with Crippen molar-refractivity contribution in [3.05, 3.63) is 82.1 Å². The minimum absolute atomic E-state index is 0.0180. The molecule has 1 N–H and O–H groups in total. The third-order valence-electron chi connectivity index (χ3n) is 4.83. The lowest BCUT2D eigenvalue weighted by atomic mass is 9.87. The second kappa shape index (κ2) is 8.06. The van der Waals surface area contributed by atoms with E-state index in [1.54, 1.807) is 36.4 Å². The van der Waals surface area contributed by atoms with Gasteiger partial charge >= 0.3 is 5.97 Å². The van der Waals surface area contributed by atoms with Gasteiger partial charge < -0.3 is 9.84 Å². The van der Waals surface area contributed by atoms with Crippen molar-refractivity contribution >= 4 is 23.4 Å². The Morgan fingerprint density at radius 3 is 2.13 bits per heavy atom. The quantitative estimate of drug-likeness (QED) is 0.467. The summed E-state index contributed by atoms with van der Waals surface area (Å²) in [6.45, 7) is 7.69. The standard InChI is InChI=1S/C24H24N2O4/c1-14(27)19(23(29)30-5)20-17-8-6-7-9-18(17)21(25-20)26-22(28)15-10-12-16(13-11-15)24(2,3)4/h6-13,27H,1-5H3. The van der Waals surface area contributed by atoms with Crippen molar-refractivity contribution in [2.24, 2.45) is 9.98 Å². The van der Waals surface area contributed by atoms with Gasteiger partial charge in [-0.3, -0.25) is 4.79 Å². The molecule has 0 saturated carbocycles. The maximum absolute atomic E-state index is 12.8. The van der Waals surface area contributed by atoms with Crippen LogP contribution in [0.4, 0.5) is 0 Å². The van der Waals surface area contributed by atoms with Crippen LogP contribution in [0.15, 0.2) is 69.8 Å². The average Bonchev–Trinajstić information content (AvgIpc) is 3.05. The van der Waals surface area contributed by atoms with Gasteiger partial charge in [0.15, 0.2) is 5.84 Å². The Morgan fingerprint density at radius 2 is 1.60 bits per heavy atom. The van der Waals surface area contributed by atoms with Crippen molar-refractivity contribution in [2.45, 2.75) is 33.1 Å². The van der Waals surface area contributed by atoms with Crippen LogP contribution in [0.3, 0.4) is 0 Å². The second-order valence-corrected chi connectivity index (χ2v) is 8.03. The highest BCUT2D eigenvalue weighted by atomic mass is 16.5. The first-order valence-electron chi connectivity index (χ1n) is 9.54. The second-order valence-electron chi connectivity index (χ2n) is 8.03. The molecule has 2 aromatic carbocycles. The van der Waals surface area contributed by atoms with Crippen molar-refractivity contribution < 1.29 is 19.4 Å². The van der Waals surface area contributed by atoms with Crippen molar-refractivity contribution in [2.75, 3.05) is 7.11 Å². The molecule has 0 unspecified atom stereocenters. The van der Waals surface area contributed by atoms with Crippen LogP contribution in [0.2, 0.25) is 0 Å². The largest absolute Gasteiger partial charge is 0.512 e. The molecule has 0 spiro atoms. The van der Waals surface area contributed by atoms with Gasteiger partial charge in [0.25, 0.3) is 5.91 Å². The number of benzene rings is 2. The van der Waals surface area contributed by atoms with Gasteiger partial charge in [0, 0.05) is 16.7 Å². The summed E-state index contributed by atoms with van der Waals surface area (Å²) >= 11 is 0. The number of nitrogens with zero attached hydrogens (tertiary/aromatic N) is 2. The molecule has 0 saturated heterocycles. The monoisotopic (exact) mass is 404 g/mol. The van der Waals surface area contributed by atoms with Gasteiger partial charge in [0.2, 0.25) is 0 Å². The highest BCUT2D eigenvalue weighted by Crippen LogP contribution is 2.26. The zero-order valence-electron chi connectivity index (χ0n) is 17.7. The Balaban J connectivity index is 2.04. The molecule has 1 aliphatic heterocycles. The van der Waals surface area contributed by atoms with Crippen molar-refractivity contribution in [3.8, 4) is 0 Å². The van der Waals surface area contributed by atoms with Crippen molar-refractivity contribution in [3.63, 3.8) is 0 Å². The Hall–Kier alpha value is -3.54. The molecule has 6 heteroatoms. The summed E-state index contributed by atoms with van der Waals surface area (Å²) in [5.74, 6) is -1.18. The molecule has 0 aliphatic carbocycles. The molecule has 0 atom stereocenters. The number of rotatable bonds is 3. The third kappa shape index (κ3) is 4.08. The zero-order chi connectivity index (χ0) is 22.1. The van der Waals surface area contributed by atoms with Crippen LogP contribution in [0.5, 0.6) is 0 Å². The number of hydrogen-bond acceptors (Lipinski definition) is 4. The molecular weight excluding hydrogens is 380 g/mol. The minimum atomic E-state index is -0.714. The molecular formula is C24H24N2O4. The van der Waals surface area contributed by atoms with E-state index in [-0.39, 0.29) is 28.3 Å². The number of esters is 1. The van der Waals surface area contributed by atoms with Gasteiger partial charge in [-0.15, -0.1) is 0 Å². The summed E-state index contributed by atoms with van der Waals surface area (Å²) in [5.41, 5.74) is 2.92. The Morgan fingerprint density at radius 1 is 1.00 bits per heavy atom. The summed E-state index contributed by atoms with van der Waals surface area (Å²) in [5, 5.41) is 10.0. The first-order valence-corrected chi connectivity index (χ1v) is 9.54. The molecule has 0 radical (unpaired) electrons. The van der Waals surface area contributed by atoms with E-state index in [0.29, 0.717) is 16.7 Å². The first kappa shape index (κ1) is 21.2. The number of carbonyl (C=O) groups excluding carboxylic acids is 2. The van der Waals surface area contributed by atoms with Gasteiger partial charge in [-0.1, -0.05) is 57.2 Å². The van der Waals surface area contributed by atoms with Gasteiger partial charge in [0.1, 0.15) is 11.3 Å². The number of fused-ring (bicyclic) bond motifs is 1. The highest BCUT2D eigenvalue weighted by Gasteiger charge is 2.30. The summed E-state index contributed by atoms with van der Waals surface area (Å²) in [4.78, 5) is 33.5. The number of aliphatic hydroxyl groups excluding tert-OH is 1. The number of aliphatic imine (C=N–C) groups is 2. The van der Waals surface area contributed by atoms with Gasteiger partial charge in [-0.05, 0) is 30.0 Å². The van der Waals surface area contributed by atoms with Gasteiger partial charge in [-0.25, -0.2) is 9.79 Å². The fourth-order valence-electron chi connectivity index (χ4n) is 3.18. The molecule has 6 nitrogen and oxygen atoms in total. The van der Waals surface area contributed by atoms with E-state index >= 15 is 0 Å². The van der Waals surface area contributed by atoms with Crippen LogP contribution in [0, 0.1) is 0 Å². The smallest absolute Gasteiger partial charge is 0.343 e. The number of carbonyl (C=O) groups is 2. The molecule has 1 aliphatic rings. The van der Waals surface area contributed by atoms with E-state index in [0.717, 1.165) is 5.56 Å². The lowest BCUT2D eigenvalue weighted by molar-refractivity contribution is -0.135. The molecule has 2 aromatic rings. The van der Waals surface area contributed by atoms with Crippen LogP contribution in [0.1, 0.15) is 54.7 Å². The summed E-state index contributed by atoms with van der Waals surface area (Å²) in [6, 6.07) is 14.4. The highest BCUT2D eigenvalue weighted by molar-refractivity contribution is 6.36. The van der Waals surface area contributed by atoms with Gasteiger partial charge in [0.05, 0.1) is 12.8 Å². The maximum Gasteiger partial charge on any atom is 0.343 e. The van der Waals surface area contributed by atoms with Crippen molar-refractivity contribution in [1.82, 2.24) is 0 Å². The van der Waals surface area contributed by atoms with E-state index in [1.165, 1.54) is 14.0 Å². The summed E-state index contributed by atoms with van der Waals surface area (Å²) in [7, 11) is 1.23. The van der Waals surface area contributed by atoms with E-state index in [2.05, 4.69) is 30.8 Å². The predicted octanol–water partition coefficient (Wildman–Crippen LogP) is 4.38. The number of amidine groups is 1. The van der Waals surface area contributed by atoms with Crippen LogP contribution in [-0.4, -0.2) is 35.6 Å². The topological polar surface area (TPSA) is 88.3 Å². The Labute approximate surface area is 175 Å². The van der Waals surface area contributed by atoms with Crippen molar-refractivity contribution in [1.29, 1.82) is 0 Å². The number of hydrogen-bond donors (Lipinski definition) is 1. The number of aliphatic hydroxyl groups is 1. The normalized spacial score (nSPS) is 15.4. The number of ether oxygens (including phenoxy) is 1. The Bertz CT molecular complexity index is 1100. The predicted molar refractivity (Wildman–Crippen MR) is 116 cm³/mol. The lowest BCUT2D eigenvalue weighted by Crippen LogP contribution is -2.16. The molecule has 0 bridgehead atoms. The zero-order valence-corrected chi connectivity index (χ0v) is 17.7. The molecule has 0 aromatic heterocycles. The molecule has 154 valence electrons. The number of methoxy groups -OCH3 is 1. The molecule has 30 heavy (non-hydrogen) atoms.